The average molecular weight is 401 g/mol. The number of amides is 3. The normalized spacial score (nSPS) is 23.1. The zero-order valence-electron chi connectivity index (χ0n) is 18.1. The van der Waals surface area contributed by atoms with Gasteiger partial charge in [-0.15, -0.1) is 0 Å². The number of rotatable bonds is 3. The highest BCUT2D eigenvalue weighted by atomic mass is 16.2. The molecule has 1 atom stereocenters. The predicted molar refractivity (Wildman–Crippen MR) is 112 cm³/mol. The van der Waals surface area contributed by atoms with Gasteiger partial charge < -0.3 is 20.9 Å². The van der Waals surface area contributed by atoms with E-state index in [9.17, 15) is 14.4 Å². The van der Waals surface area contributed by atoms with Crippen molar-refractivity contribution >= 4 is 23.4 Å². The summed E-state index contributed by atoms with van der Waals surface area (Å²) in [5, 5.41) is 9.06. The molecule has 3 N–H and O–H groups in total. The summed E-state index contributed by atoms with van der Waals surface area (Å²) >= 11 is 0. The first-order valence-corrected chi connectivity index (χ1v) is 10.2. The number of carbonyl (C=O) groups excluding carboxylic acids is 3. The largest absolute Gasteiger partial charge is 0.345 e. The van der Waals surface area contributed by atoms with Crippen molar-refractivity contribution in [2.45, 2.75) is 83.6 Å². The molecule has 1 fully saturated rings. The van der Waals surface area contributed by atoms with Crippen molar-refractivity contribution in [3.63, 3.8) is 0 Å². The van der Waals surface area contributed by atoms with Crippen molar-refractivity contribution in [2.75, 3.05) is 4.90 Å². The molecular formula is C22H32N4O3. The molecule has 29 heavy (non-hydrogen) atoms. The van der Waals surface area contributed by atoms with Gasteiger partial charge in [-0.3, -0.25) is 14.4 Å². The third kappa shape index (κ3) is 4.45. The molecule has 0 radical (unpaired) electrons. The first-order chi connectivity index (χ1) is 13.4. The number of nitrogens with one attached hydrogen (secondary N) is 3. The van der Waals surface area contributed by atoms with Crippen molar-refractivity contribution < 1.29 is 14.4 Å². The van der Waals surface area contributed by atoms with Crippen molar-refractivity contribution in [3.05, 3.63) is 29.8 Å². The maximum atomic E-state index is 12.9. The summed E-state index contributed by atoms with van der Waals surface area (Å²) in [7, 11) is 0. The Hall–Kier alpha value is -2.41. The van der Waals surface area contributed by atoms with Crippen LogP contribution in [0, 0.1) is 0 Å². The van der Waals surface area contributed by atoms with E-state index in [-0.39, 0.29) is 29.1 Å². The standard InChI is InChI=1S/C22H32N4O3/c1-13(2)26-16-10-8-7-9-15(16)17(20(26)29)24-19(28)18(27)23-14-11-21(3,4)25-22(5,6)12-14/h7-10,13-14,17,25H,11-12H2,1-6H3,(H,23,27)(H,24,28). The number of fused-ring (bicyclic) bond motifs is 1. The molecule has 1 unspecified atom stereocenters. The van der Waals surface area contributed by atoms with Crippen LogP contribution in [0.15, 0.2) is 24.3 Å². The van der Waals surface area contributed by atoms with E-state index < -0.39 is 17.9 Å². The molecular weight excluding hydrogens is 368 g/mol. The quantitative estimate of drug-likeness (QED) is 0.677. The Kier molecular flexibility index (Phi) is 5.47. The van der Waals surface area contributed by atoms with E-state index >= 15 is 0 Å². The summed E-state index contributed by atoms with van der Waals surface area (Å²) in [4.78, 5) is 39.8. The number of benzene rings is 1. The van der Waals surface area contributed by atoms with Gasteiger partial charge in [0.05, 0.1) is 0 Å². The van der Waals surface area contributed by atoms with Crippen LogP contribution in [-0.2, 0) is 14.4 Å². The third-order valence-electron chi connectivity index (χ3n) is 5.52. The van der Waals surface area contributed by atoms with Crippen LogP contribution in [-0.4, -0.2) is 40.9 Å². The third-order valence-corrected chi connectivity index (χ3v) is 5.52. The smallest absolute Gasteiger partial charge is 0.310 e. The molecule has 1 aromatic rings. The lowest BCUT2D eigenvalue weighted by Crippen LogP contribution is -2.63. The highest BCUT2D eigenvalue weighted by Crippen LogP contribution is 2.37. The Morgan fingerprint density at radius 2 is 1.59 bits per heavy atom. The van der Waals surface area contributed by atoms with Crippen LogP contribution < -0.4 is 20.9 Å². The first-order valence-electron chi connectivity index (χ1n) is 10.2. The molecule has 1 aromatic carbocycles. The Labute approximate surface area is 172 Å². The Bertz CT molecular complexity index is 815. The number of carbonyl (C=O) groups is 3. The number of nitrogens with zero attached hydrogens (tertiary/aromatic N) is 1. The van der Waals surface area contributed by atoms with Gasteiger partial charge in [0.15, 0.2) is 0 Å². The van der Waals surface area contributed by atoms with Crippen molar-refractivity contribution in [2.24, 2.45) is 0 Å². The maximum absolute atomic E-state index is 12.9. The summed E-state index contributed by atoms with van der Waals surface area (Å²) in [6.07, 6.45) is 1.45. The van der Waals surface area contributed by atoms with Gasteiger partial charge in [-0.2, -0.15) is 0 Å². The maximum Gasteiger partial charge on any atom is 0.310 e. The van der Waals surface area contributed by atoms with Crippen LogP contribution in [0.25, 0.3) is 0 Å². The lowest BCUT2D eigenvalue weighted by molar-refractivity contribution is -0.141. The topological polar surface area (TPSA) is 90.5 Å². The highest BCUT2D eigenvalue weighted by molar-refractivity contribution is 6.35. The molecule has 3 rings (SSSR count). The van der Waals surface area contributed by atoms with Crippen LogP contribution in [0.3, 0.4) is 0 Å². The Balaban J connectivity index is 1.70. The van der Waals surface area contributed by atoms with E-state index in [1.165, 1.54) is 0 Å². The molecule has 2 heterocycles. The summed E-state index contributed by atoms with van der Waals surface area (Å²) < 4.78 is 0. The number of anilines is 1. The van der Waals surface area contributed by atoms with Gasteiger partial charge in [-0.25, -0.2) is 0 Å². The van der Waals surface area contributed by atoms with Gasteiger partial charge >= 0.3 is 11.8 Å². The minimum absolute atomic E-state index is 0.0430. The fraction of sp³-hybridized carbons (Fsp3) is 0.591. The van der Waals surface area contributed by atoms with Crippen LogP contribution in [0.4, 0.5) is 5.69 Å². The SMILES string of the molecule is CC(C)N1C(=O)C(NC(=O)C(=O)NC2CC(C)(C)NC(C)(C)C2)c2ccccc21. The second kappa shape index (κ2) is 7.44. The van der Waals surface area contributed by atoms with Gasteiger partial charge in [-0.05, 0) is 60.5 Å². The molecule has 7 heteroatoms. The zero-order chi connectivity index (χ0) is 21.6. The minimum Gasteiger partial charge on any atom is -0.345 e. The molecule has 0 aromatic heterocycles. The number of para-hydroxylation sites is 1. The second-order valence-corrected chi connectivity index (χ2v) is 9.74. The molecule has 0 saturated carbocycles. The van der Waals surface area contributed by atoms with E-state index in [1.54, 1.807) is 4.90 Å². The van der Waals surface area contributed by atoms with Crippen molar-refractivity contribution in [1.29, 1.82) is 0 Å². The summed E-state index contributed by atoms with van der Waals surface area (Å²) in [5.41, 5.74) is 1.21. The fourth-order valence-electron chi connectivity index (χ4n) is 4.89. The number of hydrogen-bond acceptors (Lipinski definition) is 4. The van der Waals surface area contributed by atoms with E-state index in [4.69, 9.17) is 0 Å². The lowest BCUT2D eigenvalue weighted by atomic mass is 9.79. The summed E-state index contributed by atoms with van der Waals surface area (Å²) in [6, 6.07) is 6.37. The van der Waals surface area contributed by atoms with Crippen LogP contribution in [0.1, 0.15) is 66.0 Å². The van der Waals surface area contributed by atoms with Gasteiger partial charge in [0.1, 0.15) is 6.04 Å². The predicted octanol–water partition coefficient (Wildman–Crippen LogP) is 2.02. The van der Waals surface area contributed by atoms with Gasteiger partial charge in [0.2, 0.25) is 0 Å². The minimum atomic E-state index is -0.840. The van der Waals surface area contributed by atoms with Crippen LogP contribution in [0.2, 0.25) is 0 Å². The van der Waals surface area contributed by atoms with Gasteiger partial charge in [0.25, 0.3) is 5.91 Å². The Morgan fingerprint density at radius 1 is 1.03 bits per heavy atom. The van der Waals surface area contributed by atoms with Gasteiger partial charge in [0, 0.05) is 34.4 Å². The van der Waals surface area contributed by atoms with Crippen molar-refractivity contribution in [1.82, 2.24) is 16.0 Å². The molecule has 0 bridgehead atoms. The Morgan fingerprint density at radius 3 is 2.17 bits per heavy atom. The molecule has 1 saturated heterocycles. The summed E-state index contributed by atoms with van der Waals surface area (Å²) in [6.45, 7) is 12.2. The van der Waals surface area contributed by atoms with Gasteiger partial charge in [-0.1, -0.05) is 18.2 Å². The zero-order valence-corrected chi connectivity index (χ0v) is 18.1. The van der Waals surface area contributed by atoms with Crippen LogP contribution in [0.5, 0.6) is 0 Å². The molecule has 158 valence electrons. The van der Waals surface area contributed by atoms with E-state index in [1.807, 2.05) is 38.1 Å². The summed E-state index contributed by atoms with van der Waals surface area (Å²) in [5.74, 6) is -1.69. The number of hydrogen-bond donors (Lipinski definition) is 3. The molecule has 7 nitrogen and oxygen atoms in total. The van der Waals surface area contributed by atoms with Crippen LogP contribution >= 0.6 is 0 Å². The van der Waals surface area contributed by atoms with E-state index in [0.717, 1.165) is 24.1 Å². The number of piperidine rings is 1. The second-order valence-electron chi connectivity index (χ2n) is 9.74. The monoisotopic (exact) mass is 400 g/mol. The fourth-order valence-corrected chi connectivity index (χ4v) is 4.89. The highest BCUT2D eigenvalue weighted by Gasteiger charge is 2.41. The van der Waals surface area contributed by atoms with E-state index in [2.05, 4.69) is 43.6 Å². The lowest BCUT2D eigenvalue weighted by Gasteiger charge is -2.46. The molecule has 0 spiro atoms. The molecule has 3 amide bonds. The first kappa shape index (κ1) is 21.3. The van der Waals surface area contributed by atoms with E-state index in [0.29, 0.717) is 0 Å². The molecule has 0 aliphatic carbocycles. The average Bonchev–Trinajstić information content (AvgIpc) is 2.84. The van der Waals surface area contributed by atoms with Crippen molar-refractivity contribution in [3.8, 4) is 0 Å². The molecule has 2 aliphatic heterocycles. The molecule has 2 aliphatic rings.